The van der Waals surface area contributed by atoms with E-state index in [1.165, 1.54) is 6.07 Å². The first-order valence-corrected chi connectivity index (χ1v) is 6.32. The van der Waals surface area contributed by atoms with Gasteiger partial charge in [-0.1, -0.05) is 24.3 Å². The topological polar surface area (TPSA) is 102 Å². The Morgan fingerprint density at radius 3 is 2.48 bits per heavy atom. The number of hydrogen-bond donors (Lipinski definition) is 1. The molecule has 1 aliphatic rings. The fourth-order valence-corrected chi connectivity index (χ4v) is 2.38. The summed E-state index contributed by atoms with van der Waals surface area (Å²) in [4.78, 5) is 28.0. The lowest BCUT2D eigenvalue weighted by Crippen LogP contribution is -2.26. The number of amides is 1. The number of nitro groups is 1. The number of hydrogen-bond acceptors (Lipinski definition) is 5. The monoisotopic (exact) mass is 284 g/mol. The minimum Gasteiger partial charge on any atom is -0.383 e. The minimum atomic E-state index is -0.595. The molecule has 2 heterocycles. The zero-order chi connectivity index (χ0) is 15.0. The molecule has 0 saturated carbocycles. The number of carbonyl (C=O) groups is 1. The van der Waals surface area contributed by atoms with Crippen molar-refractivity contribution in [1.82, 2.24) is 9.88 Å². The number of nitrogens with zero attached hydrogens (tertiary/aromatic N) is 3. The van der Waals surface area contributed by atoms with Gasteiger partial charge in [0.1, 0.15) is 12.0 Å². The largest absolute Gasteiger partial charge is 0.383 e. The lowest BCUT2D eigenvalue weighted by atomic mass is 10.1. The maximum atomic E-state index is 12.5. The van der Waals surface area contributed by atoms with Gasteiger partial charge in [-0.05, 0) is 11.1 Å². The summed E-state index contributed by atoms with van der Waals surface area (Å²) in [7, 11) is 0. The predicted molar refractivity (Wildman–Crippen MR) is 75.3 cm³/mol. The van der Waals surface area contributed by atoms with Crippen molar-refractivity contribution in [1.29, 1.82) is 0 Å². The van der Waals surface area contributed by atoms with Crippen LogP contribution in [0.2, 0.25) is 0 Å². The van der Waals surface area contributed by atoms with E-state index in [1.807, 2.05) is 24.3 Å². The molecule has 1 amide bonds. The lowest BCUT2D eigenvalue weighted by molar-refractivity contribution is -0.385. The Kier molecular flexibility index (Phi) is 3.02. The second-order valence-electron chi connectivity index (χ2n) is 4.81. The molecule has 0 aliphatic carbocycles. The van der Waals surface area contributed by atoms with Crippen molar-refractivity contribution < 1.29 is 9.72 Å². The molecule has 0 fully saturated rings. The molecule has 0 spiro atoms. The van der Waals surface area contributed by atoms with Crippen molar-refractivity contribution in [3.63, 3.8) is 0 Å². The molecule has 1 aromatic carbocycles. The molecule has 7 nitrogen and oxygen atoms in total. The first-order chi connectivity index (χ1) is 10.1. The number of carbonyl (C=O) groups excluding carboxylic acids is 1. The molecule has 2 aromatic rings. The number of aromatic nitrogens is 1. The van der Waals surface area contributed by atoms with Crippen molar-refractivity contribution in [2.75, 3.05) is 5.73 Å². The van der Waals surface area contributed by atoms with E-state index in [9.17, 15) is 14.9 Å². The Bertz CT molecular complexity index is 720. The van der Waals surface area contributed by atoms with E-state index < -0.39 is 4.92 Å². The van der Waals surface area contributed by atoms with Crippen LogP contribution in [0, 0.1) is 10.1 Å². The van der Waals surface area contributed by atoms with Crippen LogP contribution in [0.25, 0.3) is 0 Å². The molecule has 0 unspecified atom stereocenters. The van der Waals surface area contributed by atoms with Gasteiger partial charge in [0.25, 0.3) is 11.6 Å². The highest BCUT2D eigenvalue weighted by Crippen LogP contribution is 2.26. The minimum absolute atomic E-state index is 0.00144. The third-order valence-electron chi connectivity index (χ3n) is 3.47. The number of benzene rings is 1. The summed E-state index contributed by atoms with van der Waals surface area (Å²) in [5.41, 5.74) is 7.65. The Balaban J connectivity index is 1.90. The van der Waals surface area contributed by atoms with Crippen LogP contribution in [-0.4, -0.2) is 20.7 Å². The van der Waals surface area contributed by atoms with Crippen LogP contribution < -0.4 is 5.73 Å². The van der Waals surface area contributed by atoms with Crippen LogP contribution in [0.5, 0.6) is 0 Å². The predicted octanol–water partition coefficient (Wildman–Crippen LogP) is 1.73. The van der Waals surface area contributed by atoms with E-state index in [0.717, 1.165) is 17.3 Å². The van der Waals surface area contributed by atoms with Gasteiger partial charge in [-0.15, -0.1) is 0 Å². The Morgan fingerprint density at radius 2 is 1.90 bits per heavy atom. The Labute approximate surface area is 120 Å². The van der Waals surface area contributed by atoms with Crippen LogP contribution in [-0.2, 0) is 13.1 Å². The van der Waals surface area contributed by atoms with Gasteiger partial charge in [0.15, 0.2) is 0 Å². The molecule has 3 rings (SSSR count). The molecule has 0 atom stereocenters. The first-order valence-electron chi connectivity index (χ1n) is 6.32. The van der Waals surface area contributed by atoms with Crippen molar-refractivity contribution in [3.8, 4) is 0 Å². The van der Waals surface area contributed by atoms with Crippen molar-refractivity contribution >= 4 is 17.4 Å². The van der Waals surface area contributed by atoms with Crippen LogP contribution in [0.3, 0.4) is 0 Å². The zero-order valence-corrected chi connectivity index (χ0v) is 11.0. The van der Waals surface area contributed by atoms with Gasteiger partial charge < -0.3 is 10.6 Å². The van der Waals surface area contributed by atoms with Gasteiger partial charge in [0, 0.05) is 19.2 Å². The summed E-state index contributed by atoms with van der Waals surface area (Å²) < 4.78 is 0. The fraction of sp³-hybridized carbons (Fsp3) is 0.143. The van der Waals surface area contributed by atoms with Crippen molar-refractivity contribution in [3.05, 3.63) is 63.3 Å². The number of nitrogen functional groups attached to an aromatic ring is 1. The first kappa shape index (κ1) is 13.0. The number of fused-ring (bicyclic) bond motifs is 1. The smallest absolute Gasteiger partial charge is 0.288 e. The van der Waals surface area contributed by atoms with Gasteiger partial charge in [-0.2, -0.15) is 0 Å². The van der Waals surface area contributed by atoms with Gasteiger partial charge >= 0.3 is 0 Å². The molecule has 0 radical (unpaired) electrons. The summed E-state index contributed by atoms with van der Waals surface area (Å²) in [6.45, 7) is 0.939. The maximum absolute atomic E-state index is 12.5. The summed E-state index contributed by atoms with van der Waals surface area (Å²) in [5.74, 6) is -0.346. The van der Waals surface area contributed by atoms with Crippen molar-refractivity contribution in [2.24, 2.45) is 0 Å². The molecule has 0 saturated heterocycles. The highest BCUT2D eigenvalue weighted by molar-refractivity contribution is 5.99. The second-order valence-corrected chi connectivity index (χ2v) is 4.81. The summed E-state index contributed by atoms with van der Waals surface area (Å²) in [6, 6.07) is 8.91. The molecule has 106 valence electrons. The number of anilines is 1. The van der Waals surface area contributed by atoms with E-state index in [2.05, 4.69) is 4.98 Å². The third kappa shape index (κ3) is 2.29. The molecular formula is C14H12N4O3. The Morgan fingerprint density at radius 1 is 1.29 bits per heavy atom. The van der Waals surface area contributed by atoms with Gasteiger partial charge in [-0.3, -0.25) is 14.9 Å². The van der Waals surface area contributed by atoms with E-state index in [4.69, 9.17) is 5.73 Å². The standard InChI is InChI=1S/C14H12N4O3/c15-13-12(5-11(6-16-13)18(20)21)14(19)17-7-9-3-1-2-4-10(9)8-17/h1-6H,7-8H2,(H2,15,16). The molecule has 1 aromatic heterocycles. The number of nitrogens with two attached hydrogens (primary N) is 1. The van der Waals surface area contributed by atoms with Gasteiger partial charge in [0.2, 0.25) is 0 Å². The molecule has 7 heteroatoms. The lowest BCUT2D eigenvalue weighted by Gasteiger charge is -2.16. The summed E-state index contributed by atoms with van der Waals surface area (Å²) >= 11 is 0. The van der Waals surface area contributed by atoms with Gasteiger partial charge in [0.05, 0.1) is 10.5 Å². The molecule has 21 heavy (non-hydrogen) atoms. The van der Waals surface area contributed by atoms with E-state index in [0.29, 0.717) is 13.1 Å². The number of rotatable bonds is 2. The van der Waals surface area contributed by atoms with E-state index >= 15 is 0 Å². The SMILES string of the molecule is Nc1ncc([N+](=O)[O-])cc1C(=O)N1Cc2ccccc2C1. The average Bonchev–Trinajstić information content (AvgIpc) is 2.90. The summed E-state index contributed by atoms with van der Waals surface area (Å²) in [5, 5.41) is 10.8. The molecule has 2 N–H and O–H groups in total. The quantitative estimate of drug-likeness (QED) is 0.668. The van der Waals surface area contributed by atoms with E-state index in [1.54, 1.807) is 4.90 Å². The second kappa shape index (κ2) is 4.86. The fourth-order valence-electron chi connectivity index (χ4n) is 2.38. The average molecular weight is 284 g/mol. The Hall–Kier alpha value is -2.96. The molecular weight excluding hydrogens is 272 g/mol. The van der Waals surface area contributed by atoms with Crippen LogP contribution in [0.4, 0.5) is 11.5 Å². The van der Waals surface area contributed by atoms with Crippen LogP contribution in [0.1, 0.15) is 21.5 Å². The van der Waals surface area contributed by atoms with Crippen LogP contribution in [0.15, 0.2) is 36.5 Å². The van der Waals surface area contributed by atoms with Crippen molar-refractivity contribution in [2.45, 2.75) is 13.1 Å². The maximum Gasteiger partial charge on any atom is 0.288 e. The van der Waals surface area contributed by atoms with Gasteiger partial charge in [-0.25, -0.2) is 4.98 Å². The van der Waals surface area contributed by atoms with Crippen LogP contribution >= 0.6 is 0 Å². The normalized spacial score (nSPS) is 13.0. The molecule has 0 bridgehead atoms. The highest BCUT2D eigenvalue weighted by atomic mass is 16.6. The number of pyridine rings is 1. The molecule has 1 aliphatic heterocycles. The van der Waals surface area contributed by atoms with E-state index in [-0.39, 0.29) is 23.0 Å². The zero-order valence-electron chi connectivity index (χ0n) is 11.0. The highest BCUT2D eigenvalue weighted by Gasteiger charge is 2.26. The summed E-state index contributed by atoms with van der Waals surface area (Å²) in [6.07, 6.45) is 1.05. The third-order valence-corrected chi connectivity index (χ3v) is 3.47.